The van der Waals surface area contributed by atoms with Crippen LogP contribution in [0.3, 0.4) is 0 Å². The molecule has 0 aliphatic rings. The van der Waals surface area contributed by atoms with Gasteiger partial charge < -0.3 is 10.4 Å². The Hall–Kier alpha value is -1.98. The Morgan fingerprint density at radius 3 is 2.22 bits per heavy atom. The van der Waals surface area contributed by atoms with Crippen molar-refractivity contribution in [3.63, 3.8) is 0 Å². The Morgan fingerprint density at radius 1 is 1.22 bits per heavy atom. The maximum atomic E-state index is 13.7. The molecule has 0 heterocycles. The summed E-state index contributed by atoms with van der Waals surface area (Å²) < 4.78 is 27.1. The molecule has 18 heavy (non-hydrogen) atoms. The third-order valence-electron chi connectivity index (χ3n) is 2.24. The predicted molar refractivity (Wildman–Crippen MR) is 61.4 cm³/mol. The molecule has 0 fully saturated rings. The van der Waals surface area contributed by atoms with Crippen LogP contribution in [0.4, 0.5) is 14.5 Å². The van der Waals surface area contributed by atoms with E-state index in [0.29, 0.717) is 0 Å². The summed E-state index contributed by atoms with van der Waals surface area (Å²) in [6.07, 6.45) is 0. The van der Waals surface area contributed by atoms with E-state index in [0.717, 1.165) is 12.1 Å². The number of halogens is 2. The molecule has 0 atom stereocenters. The Morgan fingerprint density at radius 2 is 1.78 bits per heavy atom. The number of anilines is 1. The van der Waals surface area contributed by atoms with Crippen molar-refractivity contribution < 1.29 is 23.5 Å². The van der Waals surface area contributed by atoms with Crippen molar-refractivity contribution in [2.24, 2.45) is 5.41 Å². The number of hydrogen-bond donors (Lipinski definition) is 2. The van der Waals surface area contributed by atoms with Crippen LogP contribution in [-0.4, -0.2) is 17.0 Å². The molecule has 0 spiro atoms. The molecular weight excluding hydrogens is 244 g/mol. The molecule has 98 valence electrons. The first-order valence-electron chi connectivity index (χ1n) is 5.17. The number of nitrogens with one attached hydrogen (secondary N) is 1. The van der Waals surface area contributed by atoms with Crippen LogP contribution in [-0.2, 0) is 4.79 Å². The number of benzene rings is 1. The van der Waals surface area contributed by atoms with Crippen molar-refractivity contribution in [2.45, 2.75) is 20.8 Å². The van der Waals surface area contributed by atoms with Crippen molar-refractivity contribution in [3.05, 3.63) is 29.3 Å². The Bertz CT molecular complexity index is 507. The minimum atomic E-state index is -1.53. The summed E-state index contributed by atoms with van der Waals surface area (Å²) in [5.74, 6) is -4.45. The molecule has 0 bridgehead atoms. The number of aromatic carboxylic acids is 1. The summed E-state index contributed by atoms with van der Waals surface area (Å²) in [4.78, 5) is 22.3. The maximum absolute atomic E-state index is 13.7. The lowest BCUT2D eigenvalue weighted by Gasteiger charge is -2.18. The number of carbonyl (C=O) groups is 2. The van der Waals surface area contributed by atoms with Crippen molar-refractivity contribution in [1.29, 1.82) is 0 Å². The van der Waals surface area contributed by atoms with E-state index in [1.807, 2.05) is 0 Å². The summed E-state index contributed by atoms with van der Waals surface area (Å²) in [7, 11) is 0. The van der Waals surface area contributed by atoms with Crippen LogP contribution < -0.4 is 5.32 Å². The average molecular weight is 257 g/mol. The SMILES string of the molecule is CC(C)(C)C(=O)Nc1c(F)ccc(C(=O)O)c1F. The van der Waals surface area contributed by atoms with Gasteiger partial charge in [0.05, 0.1) is 5.56 Å². The Labute approximate surface area is 103 Å². The molecule has 0 saturated heterocycles. The Kier molecular flexibility index (Phi) is 3.69. The van der Waals surface area contributed by atoms with E-state index in [1.165, 1.54) is 0 Å². The molecule has 0 aliphatic heterocycles. The molecule has 0 unspecified atom stereocenters. The van der Waals surface area contributed by atoms with Crippen molar-refractivity contribution >= 4 is 17.6 Å². The van der Waals surface area contributed by atoms with Crippen molar-refractivity contribution in [2.75, 3.05) is 5.32 Å². The smallest absolute Gasteiger partial charge is 0.338 e. The van der Waals surface area contributed by atoms with E-state index < -0.39 is 40.2 Å². The summed E-state index contributed by atoms with van der Waals surface area (Å²) in [6.45, 7) is 4.71. The monoisotopic (exact) mass is 257 g/mol. The summed E-state index contributed by atoms with van der Waals surface area (Å²) in [5, 5.41) is 10.8. The second kappa shape index (κ2) is 4.72. The van der Waals surface area contributed by atoms with Gasteiger partial charge in [0, 0.05) is 5.41 Å². The summed E-state index contributed by atoms with van der Waals surface area (Å²) >= 11 is 0. The van der Waals surface area contributed by atoms with Gasteiger partial charge in [0.2, 0.25) is 5.91 Å². The molecule has 0 saturated carbocycles. The maximum Gasteiger partial charge on any atom is 0.338 e. The number of carbonyl (C=O) groups excluding carboxylic acids is 1. The van der Waals surface area contributed by atoms with Crippen LogP contribution in [0.25, 0.3) is 0 Å². The van der Waals surface area contributed by atoms with Crippen LogP contribution >= 0.6 is 0 Å². The minimum Gasteiger partial charge on any atom is -0.478 e. The molecule has 0 radical (unpaired) electrons. The number of hydrogen-bond acceptors (Lipinski definition) is 2. The molecular formula is C12H13F2NO3. The van der Waals surface area contributed by atoms with Crippen LogP contribution in [0.5, 0.6) is 0 Å². The first kappa shape index (κ1) is 14.1. The highest BCUT2D eigenvalue weighted by molar-refractivity contribution is 5.96. The zero-order valence-electron chi connectivity index (χ0n) is 10.2. The van der Waals surface area contributed by atoms with Gasteiger partial charge in [-0.05, 0) is 12.1 Å². The molecule has 0 aromatic heterocycles. The van der Waals surface area contributed by atoms with Gasteiger partial charge in [-0.15, -0.1) is 0 Å². The zero-order valence-corrected chi connectivity index (χ0v) is 10.2. The van der Waals surface area contributed by atoms with Gasteiger partial charge in [0.25, 0.3) is 0 Å². The van der Waals surface area contributed by atoms with Crippen molar-refractivity contribution in [3.8, 4) is 0 Å². The fraction of sp³-hybridized carbons (Fsp3) is 0.333. The number of rotatable bonds is 2. The van der Waals surface area contributed by atoms with E-state index in [4.69, 9.17) is 5.11 Å². The number of amides is 1. The first-order valence-corrected chi connectivity index (χ1v) is 5.17. The van der Waals surface area contributed by atoms with Crippen LogP contribution in [0.15, 0.2) is 12.1 Å². The van der Waals surface area contributed by atoms with Gasteiger partial charge in [0.1, 0.15) is 11.5 Å². The first-order chi connectivity index (χ1) is 8.14. The lowest BCUT2D eigenvalue weighted by Crippen LogP contribution is -2.28. The molecule has 0 aliphatic carbocycles. The minimum absolute atomic E-state index is 0.608. The van der Waals surface area contributed by atoms with Gasteiger partial charge in [-0.1, -0.05) is 20.8 Å². The lowest BCUT2D eigenvalue weighted by molar-refractivity contribution is -0.123. The lowest BCUT2D eigenvalue weighted by atomic mass is 9.95. The average Bonchev–Trinajstić information content (AvgIpc) is 2.21. The van der Waals surface area contributed by atoms with E-state index in [-0.39, 0.29) is 0 Å². The van der Waals surface area contributed by atoms with E-state index in [1.54, 1.807) is 20.8 Å². The molecule has 1 rings (SSSR count). The number of carboxylic acids is 1. The van der Waals surface area contributed by atoms with E-state index in [9.17, 15) is 18.4 Å². The molecule has 2 N–H and O–H groups in total. The van der Waals surface area contributed by atoms with Gasteiger partial charge in [-0.25, -0.2) is 13.6 Å². The highest BCUT2D eigenvalue weighted by atomic mass is 19.1. The van der Waals surface area contributed by atoms with Crippen LogP contribution in [0.2, 0.25) is 0 Å². The van der Waals surface area contributed by atoms with Crippen molar-refractivity contribution in [1.82, 2.24) is 0 Å². The van der Waals surface area contributed by atoms with Crippen LogP contribution in [0, 0.1) is 17.0 Å². The third kappa shape index (κ3) is 2.82. The zero-order chi connectivity index (χ0) is 14.1. The third-order valence-corrected chi connectivity index (χ3v) is 2.24. The quantitative estimate of drug-likeness (QED) is 0.855. The standard InChI is InChI=1S/C12H13F2NO3/c1-12(2,3)11(18)15-9-7(13)5-4-6(8(9)14)10(16)17/h4-5H,1-3H3,(H,15,18)(H,16,17). The van der Waals surface area contributed by atoms with E-state index >= 15 is 0 Å². The molecule has 1 aromatic rings. The molecule has 4 nitrogen and oxygen atoms in total. The molecule has 6 heteroatoms. The highest BCUT2D eigenvalue weighted by Crippen LogP contribution is 2.25. The largest absolute Gasteiger partial charge is 0.478 e. The van der Waals surface area contributed by atoms with Gasteiger partial charge in [-0.2, -0.15) is 0 Å². The fourth-order valence-corrected chi connectivity index (χ4v) is 1.13. The van der Waals surface area contributed by atoms with Gasteiger partial charge in [-0.3, -0.25) is 4.79 Å². The number of carboxylic acid groups (broad SMARTS) is 1. The second-order valence-corrected chi connectivity index (χ2v) is 4.79. The molecule has 1 amide bonds. The highest BCUT2D eigenvalue weighted by Gasteiger charge is 2.25. The van der Waals surface area contributed by atoms with Crippen LogP contribution in [0.1, 0.15) is 31.1 Å². The topological polar surface area (TPSA) is 66.4 Å². The normalized spacial score (nSPS) is 11.2. The van der Waals surface area contributed by atoms with Gasteiger partial charge >= 0.3 is 5.97 Å². The fourth-order valence-electron chi connectivity index (χ4n) is 1.13. The summed E-state index contributed by atoms with van der Waals surface area (Å²) in [5.41, 5.74) is -2.28. The Balaban J connectivity index is 3.21. The second-order valence-electron chi connectivity index (χ2n) is 4.79. The summed E-state index contributed by atoms with van der Waals surface area (Å²) in [6, 6.07) is 1.60. The molecule has 1 aromatic carbocycles. The van der Waals surface area contributed by atoms with Gasteiger partial charge in [0.15, 0.2) is 5.82 Å². The predicted octanol–water partition coefficient (Wildman–Crippen LogP) is 2.65. The van der Waals surface area contributed by atoms with E-state index in [2.05, 4.69) is 5.32 Å².